The van der Waals surface area contributed by atoms with Gasteiger partial charge in [-0.05, 0) is 49.4 Å². The standard InChI is InChI=1S/C26H18N2O9/c1-15(27-23(30)19-8-5-9-20(28(34)35)22(19)24(27)31)25(32)36-14-21(29)16-10-12-18(13-11-16)37-26(33)17-6-3-2-4-7-17/h2-13,15H,14H2,1H3. The summed E-state index contributed by atoms with van der Waals surface area (Å²) in [6, 6.07) is 16.1. The maximum absolute atomic E-state index is 12.7. The van der Waals surface area contributed by atoms with Gasteiger partial charge in [0.1, 0.15) is 17.4 Å². The van der Waals surface area contributed by atoms with E-state index in [0.29, 0.717) is 10.5 Å². The molecule has 4 rings (SSSR count). The van der Waals surface area contributed by atoms with Crippen molar-refractivity contribution in [3.63, 3.8) is 0 Å². The number of rotatable bonds is 8. The number of amides is 2. The fourth-order valence-corrected chi connectivity index (χ4v) is 3.68. The van der Waals surface area contributed by atoms with Crippen LogP contribution < -0.4 is 4.74 Å². The van der Waals surface area contributed by atoms with Crippen molar-refractivity contribution in [1.29, 1.82) is 0 Å². The van der Waals surface area contributed by atoms with Crippen molar-refractivity contribution < 1.29 is 38.4 Å². The number of esters is 2. The van der Waals surface area contributed by atoms with Crippen LogP contribution in [-0.2, 0) is 9.53 Å². The Morgan fingerprint density at radius 1 is 0.892 bits per heavy atom. The Morgan fingerprint density at radius 2 is 1.57 bits per heavy atom. The monoisotopic (exact) mass is 502 g/mol. The fraction of sp³-hybridized carbons (Fsp3) is 0.115. The van der Waals surface area contributed by atoms with Gasteiger partial charge in [-0.2, -0.15) is 0 Å². The molecule has 0 aliphatic carbocycles. The third-order valence-corrected chi connectivity index (χ3v) is 5.59. The second-order valence-corrected chi connectivity index (χ2v) is 7.92. The van der Waals surface area contributed by atoms with Gasteiger partial charge in [-0.1, -0.05) is 24.3 Å². The summed E-state index contributed by atoms with van der Waals surface area (Å²) < 4.78 is 10.2. The Morgan fingerprint density at radius 3 is 2.22 bits per heavy atom. The molecule has 0 radical (unpaired) electrons. The Balaban J connectivity index is 1.36. The van der Waals surface area contributed by atoms with Gasteiger partial charge >= 0.3 is 11.9 Å². The minimum Gasteiger partial charge on any atom is -0.456 e. The van der Waals surface area contributed by atoms with Gasteiger partial charge in [0, 0.05) is 11.6 Å². The molecule has 11 nitrogen and oxygen atoms in total. The number of ketones is 1. The van der Waals surface area contributed by atoms with Crippen LogP contribution in [0.1, 0.15) is 48.4 Å². The van der Waals surface area contributed by atoms with Crippen LogP contribution >= 0.6 is 0 Å². The molecular formula is C26H18N2O9. The molecule has 1 heterocycles. The lowest BCUT2D eigenvalue weighted by Gasteiger charge is -2.20. The normalized spacial score (nSPS) is 13.1. The molecule has 186 valence electrons. The van der Waals surface area contributed by atoms with Crippen molar-refractivity contribution in [3.05, 3.63) is 105 Å². The summed E-state index contributed by atoms with van der Waals surface area (Å²) in [5.41, 5.74) is -0.621. The van der Waals surface area contributed by atoms with Crippen LogP contribution in [0.25, 0.3) is 0 Å². The largest absolute Gasteiger partial charge is 0.456 e. The first-order chi connectivity index (χ1) is 17.7. The minimum atomic E-state index is -1.43. The van der Waals surface area contributed by atoms with Gasteiger partial charge in [0.25, 0.3) is 17.5 Å². The number of hydrogen-bond acceptors (Lipinski definition) is 9. The second-order valence-electron chi connectivity index (χ2n) is 7.92. The number of ether oxygens (including phenoxy) is 2. The molecule has 0 saturated heterocycles. The van der Waals surface area contributed by atoms with E-state index in [1.54, 1.807) is 30.3 Å². The maximum atomic E-state index is 12.7. The summed E-state index contributed by atoms with van der Waals surface area (Å²) in [5, 5.41) is 11.2. The zero-order valence-corrected chi connectivity index (χ0v) is 19.3. The zero-order chi connectivity index (χ0) is 26.7. The highest BCUT2D eigenvalue weighted by Gasteiger charge is 2.45. The predicted octanol–water partition coefficient (Wildman–Crippen LogP) is 3.22. The van der Waals surface area contributed by atoms with Crippen LogP contribution in [0, 0.1) is 10.1 Å². The van der Waals surface area contributed by atoms with E-state index >= 15 is 0 Å². The quantitative estimate of drug-likeness (QED) is 0.113. The number of fused-ring (bicyclic) bond motifs is 1. The number of nitrogens with zero attached hydrogens (tertiary/aromatic N) is 2. The first-order valence-corrected chi connectivity index (χ1v) is 10.9. The lowest BCUT2D eigenvalue weighted by molar-refractivity contribution is -0.385. The molecule has 11 heteroatoms. The summed E-state index contributed by atoms with van der Waals surface area (Å²) >= 11 is 0. The smallest absolute Gasteiger partial charge is 0.343 e. The van der Waals surface area contributed by atoms with Crippen LogP contribution in [0.3, 0.4) is 0 Å². The van der Waals surface area contributed by atoms with Gasteiger partial charge in [0.2, 0.25) is 0 Å². The van der Waals surface area contributed by atoms with Crippen LogP contribution in [0.5, 0.6) is 5.75 Å². The highest BCUT2D eigenvalue weighted by Crippen LogP contribution is 2.32. The highest BCUT2D eigenvalue weighted by molar-refractivity contribution is 6.24. The molecular weight excluding hydrogens is 484 g/mol. The summed E-state index contributed by atoms with van der Waals surface area (Å²) in [5.74, 6) is -3.86. The van der Waals surface area contributed by atoms with E-state index in [9.17, 15) is 34.1 Å². The number of carbonyl (C=O) groups excluding carboxylic acids is 5. The summed E-state index contributed by atoms with van der Waals surface area (Å²) in [4.78, 5) is 73.5. The number of Topliss-reactive ketones (excluding diaryl/α,β-unsaturated/α-hetero) is 1. The third-order valence-electron chi connectivity index (χ3n) is 5.59. The highest BCUT2D eigenvalue weighted by atomic mass is 16.6. The molecule has 1 atom stereocenters. The molecule has 1 unspecified atom stereocenters. The molecule has 1 aliphatic heterocycles. The van der Waals surface area contributed by atoms with E-state index < -0.39 is 58.4 Å². The Hall–Kier alpha value is -5.19. The number of carbonyl (C=O) groups is 5. The molecule has 0 N–H and O–H groups in total. The van der Waals surface area contributed by atoms with Crippen molar-refractivity contribution in [2.24, 2.45) is 0 Å². The average Bonchev–Trinajstić information content (AvgIpc) is 3.17. The summed E-state index contributed by atoms with van der Waals surface area (Å²) in [6.07, 6.45) is 0. The van der Waals surface area contributed by atoms with E-state index in [2.05, 4.69) is 0 Å². The molecule has 37 heavy (non-hydrogen) atoms. The topological polar surface area (TPSA) is 150 Å². The Labute approximate surface area is 209 Å². The molecule has 3 aromatic carbocycles. The second kappa shape index (κ2) is 10.2. The number of benzene rings is 3. The van der Waals surface area contributed by atoms with Crippen LogP contribution in [0.2, 0.25) is 0 Å². The summed E-state index contributed by atoms with van der Waals surface area (Å²) in [7, 11) is 0. The molecule has 3 aromatic rings. The van der Waals surface area contributed by atoms with E-state index in [4.69, 9.17) is 9.47 Å². The van der Waals surface area contributed by atoms with Gasteiger partial charge in [-0.3, -0.25) is 29.4 Å². The molecule has 2 amide bonds. The molecule has 0 spiro atoms. The van der Waals surface area contributed by atoms with Crippen molar-refractivity contribution >= 4 is 35.2 Å². The third kappa shape index (κ3) is 4.96. The maximum Gasteiger partial charge on any atom is 0.343 e. The summed E-state index contributed by atoms with van der Waals surface area (Å²) in [6.45, 7) is 0.534. The van der Waals surface area contributed by atoms with Gasteiger partial charge in [-0.15, -0.1) is 0 Å². The van der Waals surface area contributed by atoms with Gasteiger partial charge in [0.05, 0.1) is 16.1 Å². The number of imide groups is 1. The Kier molecular flexibility index (Phi) is 6.87. The van der Waals surface area contributed by atoms with Gasteiger partial charge in [-0.25, -0.2) is 9.59 Å². The number of hydrogen-bond donors (Lipinski definition) is 0. The molecule has 0 bridgehead atoms. The molecule has 0 aromatic heterocycles. The van der Waals surface area contributed by atoms with Crippen molar-refractivity contribution in [2.45, 2.75) is 13.0 Å². The van der Waals surface area contributed by atoms with E-state index in [0.717, 1.165) is 6.07 Å². The SMILES string of the molecule is CC(C(=O)OCC(=O)c1ccc(OC(=O)c2ccccc2)cc1)N1C(=O)c2cccc([N+](=O)[O-])c2C1=O. The first kappa shape index (κ1) is 24.9. The predicted molar refractivity (Wildman–Crippen MR) is 126 cm³/mol. The fourth-order valence-electron chi connectivity index (χ4n) is 3.68. The van der Waals surface area contributed by atoms with Gasteiger partial charge in [0.15, 0.2) is 12.4 Å². The Bertz CT molecular complexity index is 1430. The van der Waals surface area contributed by atoms with E-state index in [1.165, 1.54) is 43.3 Å². The van der Waals surface area contributed by atoms with Crippen LogP contribution in [-0.4, -0.2) is 52.0 Å². The molecule has 0 fully saturated rings. The van der Waals surface area contributed by atoms with Crippen molar-refractivity contribution in [3.8, 4) is 5.75 Å². The van der Waals surface area contributed by atoms with Gasteiger partial charge < -0.3 is 9.47 Å². The average molecular weight is 502 g/mol. The lowest BCUT2D eigenvalue weighted by Crippen LogP contribution is -2.44. The van der Waals surface area contributed by atoms with Crippen LogP contribution in [0.4, 0.5) is 5.69 Å². The first-order valence-electron chi connectivity index (χ1n) is 10.9. The molecule has 0 saturated carbocycles. The van der Waals surface area contributed by atoms with Crippen molar-refractivity contribution in [2.75, 3.05) is 6.61 Å². The van der Waals surface area contributed by atoms with Crippen molar-refractivity contribution in [1.82, 2.24) is 4.90 Å². The zero-order valence-electron chi connectivity index (χ0n) is 19.3. The van der Waals surface area contributed by atoms with E-state index in [-0.39, 0.29) is 16.9 Å². The van der Waals surface area contributed by atoms with Crippen LogP contribution in [0.15, 0.2) is 72.8 Å². The number of nitro groups is 1. The number of nitro benzene ring substituents is 1. The van der Waals surface area contributed by atoms with E-state index in [1.807, 2.05) is 0 Å². The lowest BCUT2D eigenvalue weighted by atomic mass is 10.1. The minimum absolute atomic E-state index is 0.163. The molecule has 1 aliphatic rings.